The molecule has 0 radical (unpaired) electrons. The molecule has 2 N–H and O–H groups in total. The van der Waals surface area contributed by atoms with Crippen LogP contribution in [0.5, 0.6) is 0 Å². The van der Waals surface area contributed by atoms with E-state index in [0.29, 0.717) is 5.56 Å². The van der Waals surface area contributed by atoms with Gasteiger partial charge in [-0.15, -0.1) is 11.8 Å². The van der Waals surface area contributed by atoms with Gasteiger partial charge in [0.15, 0.2) is 0 Å². The van der Waals surface area contributed by atoms with E-state index >= 15 is 0 Å². The molecule has 2 aromatic rings. The summed E-state index contributed by atoms with van der Waals surface area (Å²) in [5, 5.41) is 12.9. The summed E-state index contributed by atoms with van der Waals surface area (Å²) < 4.78 is 0. The minimum absolute atomic E-state index is 0.168. The normalized spacial score (nSPS) is 12.0. The predicted molar refractivity (Wildman–Crippen MR) is 86.7 cm³/mol. The summed E-state index contributed by atoms with van der Waals surface area (Å²) in [7, 11) is 0. The number of nitrogens with one attached hydrogen (secondary N) is 1. The lowest BCUT2D eigenvalue weighted by Gasteiger charge is -2.13. The van der Waals surface area contributed by atoms with E-state index in [2.05, 4.69) is 5.32 Å². The van der Waals surface area contributed by atoms with E-state index in [1.54, 1.807) is 17.8 Å². The molecule has 0 spiro atoms. The van der Waals surface area contributed by atoms with Crippen LogP contribution in [0.1, 0.15) is 27.6 Å². The van der Waals surface area contributed by atoms with E-state index in [-0.39, 0.29) is 12.5 Å². The Morgan fingerprint density at radius 1 is 1.24 bits per heavy atom. The van der Waals surface area contributed by atoms with Crippen molar-refractivity contribution in [1.82, 2.24) is 5.32 Å². The average molecular weight is 301 g/mol. The second-order valence-electron chi connectivity index (χ2n) is 4.87. The minimum atomic E-state index is -0.699. The van der Waals surface area contributed by atoms with Gasteiger partial charge in [0.1, 0.15) is 0 Å². The monoisotopic (exact) mass is 301 g/mol. The summed E-state index contributed by atoms with van der Waals surface area (Å²) >= 11 is 1.65. The first-order chi connectivity index (χ1) is 10.1. The molecule has 1 unspecified atom stereocenters. The van der Waals surface area contributed by atoms with Gasteiger partial charge in [0.25, 0.3) is 5.91 Å². The summed E-state index contributed by atoms with van der Waals surface area (Å²) in [5.74, 6) is -0.168. The first kappa shape index (κ1) is 15.6. The van der Waals surface area contributed by atoms with Crippen molar-refractivity contribution in [3.05, 3.63) is 65.2 Å². The molecule has 0 saturated carbocycles. The summed E-state index contributed by atoms with van der Waals surface area (Å²) in [4.78, 5) is 13.2. The summed E-state index contributed by atoms with van der Waals surface area (Å²) in [6.45, 7) is 2.14. The van der Waals surface area contributed by atoms with E-state index in [9.17, 15) is 9.90 Å². The Morgan fingerprint density at radius 3 is 2.57 bits per heavy atom. The van der Waals surface area contributed by atoms with E-state index in [4.69, 9.17) is 0 Å². The van der Waals surface area contributed by atoms with Crippen LogP contribution in [0.15, 0.2) is 53.4 Å². The number of carbonyl (C=O) groups excluding carboxylic acids is 1. The number of benzene rings is 2. The second-order valence-corrected chi connectivity index (χ2v) is 5.75. The SMILES string of the molecule is CSc1ccc(C(O)CNC(=O)c2cccc(C)c2)cc1. The Labute approximate surface area is 129 Å². The van der Waals surface area contributed by atoms with Gasteiger partial charge in [-0.2, -0.15) is 0 Å². The fourth-order valence-electron chi connectivity index (χ4n) is 2.02. The van der Waals surface area contributed by atoms with Gasteiger partial charge in [0.2, 0.25) is 0 Å². The molecule has 4 heteroatoms. The van der Waals surface area contributed by atoms with Crippen LogP contribution in [0, 0.1) is 6.92 Å². The maximum absolute atomic E-state index is 12.0. The molecular formula is C17H19NO2S. The summed E-state index contributed by atoms with van der Waals surface area (Å²) in [6, 6.07) is 15.1. The Balaban J connectivity index is 1.93. The van der Waals surface area contributed by atoms with Crippen molar-refractivity contribution in [1.29, 1.82) is 0 Å². The molecule has 0 aliphatic carbocycles. The molecule has 0 saturated heterocycles. The molecule has 0 aliphatic rings. The van der Waals surface area contributed by atoms with E-state index in [1.165, 1.54) is 0 Å². The number of aliphatic hydroxyl groups excluding tert-OH is 1. The van der Waals surface area contributed by atoms with Crippen LogP contribution in [0.2, 0.25) is 0 Å². The number of aliphatic hydroxyl groups is 1. The number of rotatable bonds is 5. The van der Waals surface area contributed by atoms with Gasteiger partial charge in [0, 0.05) is 17.0 Å². The van der Waals surface area contributed by atoms with Crippen LogP contribution in [-0.4, -0.2) is 23.8 Å². The van der Waals surface area contributed by atoms with Crippen LogP contribution in [-0.2, 0) is 0 Å². The van der Waals surface area contributed by atoms with Gasteiger partial charge in [-0.3, -0.25) is 4.79 Å². The van der Waals surface area contributed by atoms with Crippen molar-refractivity contribution in [3.8, 4) is 0 Å². The highest BCUT2D eigenvalue weighted by Crippen LogP contribution is 2.18. The topological polar surface area (TPSA) is 49.3 Å². The van der Waals surface area contributed by atoms with Gasteiger partial charge in [-0.05, 0) is 43.0 Å². The lowest BCUT2D eigenvalue weighted by Crippen LogP contribution is -2.28. The van der Waals surface area contributed by atoms with E-state index in [1.807, 2.05) is 55.6 Å². The largest absolute Gasteiger partial charge is 0.387 e. The molecule has 0 fully saturated rings. The third kappa shape index (κ3) is 4.34. The van der Waals surface area contributed by atoms with Crippen molar-refractivity contribution in [3.63, 3.8) is 0 Å². The Hall–Kier alpha value is -1.78. The van der Waals surface area contributed by atoms with Crippen molar-refractivity contribution in [2.75, 3.05) is 12.8 Å². The van der Waals surface area contributed by atoms with Crippen molar-refractivity contribution in [2.24, 2.45) is 0 Å². The maximum Gasteiger partial charge on any atom is 0.251 e. The number of thioether (sulfide) groups is 1. The summed E-state index contributed by atoms with van der Waals surface area (Å²) in [6.07, 6.45) is 1.31. The van der Waals surface area contributed by atoms with E-state index < -0.39 is 6.10 Å². The van der Waals surface area contributed by atoms with Crippen molar-refractivity contribution >= 4 is 17.7 Å². The fraction of sp³-hybridized carbons (Fsp3) is 0.235. The molecule has 0 aromatic heterocycles. The third-order valence-electron chi connectivity index (χ3n) is 3.24. The van der Waals surface area contributed by atoms with Crippen LogP contribution in [0.4, 0.5) is 0 Å². The lowest BCUT2D eigenvalue weighted by molar-refractivity contribution is 0.0916. The molecule has 0 aliphatic heterocycles. The lowest BCUT2D eigenvalue weighted by atomic mass is 10.1. The third-order valence-corrected chi connectivity index (χ3v) is 3.98. The average Bonchev–Trinajstić information content (AvgIpc) is 2.52. The molecule has 1 atom stereocenters. The van der Waals surface area contributed by atoms with Crippen molar-refractivity contribution < 1.29 is 9.90 Å². The van der Waals surface area contributed by atoms with Gasteiger partial charge >= 0.3 is 0 Å². The number of carbonyl (C=O) groups is 1. The quantitative estimate of drug-likeness (QED) is 0.834. The van der Waals surface area contributed by atoms with E-state index in [0.717, 1.165) is 16.0 Å². The van der Waals surface area contributed by atoms with Crippen LogP contribution < -0.4 is 5.32 Å². The number of hydrogen-bond donors (Lipinski definition) is 2. The molecule has 2 rings (SSSR count). The summed E-state index contributed by atoms with van der Waals surface area (Å²) in [5.41, 5.74) is 2.45. The molecule has 2 aromatic carbocycles. The molecule has 0 heterocycles. The number of hydrogen-bond acceptors (Lipinski definition) is 3. The standard InChI is InChI=1S/C17H19NO2S/c1-12-4-3-5-14(10-12)17(20)18-11-16(19)13-6-8-15(21-2)9-7-13/h3-10,16,19H,11H2,1-2H3,(H,18,20). The molecule has 110 valence electrons. The van der Waals surface area contributed by atoms with Crippen LogP contribution in [0.3, 0.4) is 0 Å². The van der Waals surface area contributed by atoms with Crippen LogP contribution >= 0.6 is 11.8 Å². The molecule has 21 heavy (non-hydrogen) atoms. The number of aryl methyl sites for hydroxylation is 1. The highest BCUT2D eigenvalue weighted by Gasteiger charge is 2.11. The molecule has 0 bridgehead atoms. The molecule has 1 amide bonds. The predicted octanol–water partition coefficient (Wildman–Crippen LogP) is 3.18. The zero-order valence-electron chi connectivity index (χ0n) is 12.2. The molecular weight excluding hydrogens is 282 g/mol. The highest BCUT2D eigenvalue weighted by atomic mass is 32.2. The van der Waals surface area contributed by atoms with Gasteiger partial charge in [0.05, 0.1) is 6.10 Å². The van der Waals surface area contributed by atoms with Crippen molar-refractivity contribution in [2.45, 2.75) is 17.9 Å². The Morgan fingerprint density at radius 2 is 1.95 bits per heavy atom. The zero-order chi connectivity index (χ0) is 15.2. The Bertz CT molecular complexity index is 610. The first-order valence-corrected chi connectivity index (χ1v) is 7.99. The van der Waals surface area contributed by atoms with Gasteiger partial charge < -0.3 is 10.4 Å². The smallest absolute Gasteiger partial charge is 0.251 e. The minimum Gasteiger partial charge on any atom is -0.387 e. The first-order valence-electron chi connectivity index (χ1n) is 6.77. The second kappa shape index (κ2) is 7.29. The highest BCUT2D eigenvalue weighted by molar-refractivity contribution is 7.98. The fourth-order valence-corrected chi connectivity index (χ4v) is 2.43. The van der Waals surface area contributed by atoms with Gasteiger partial charge in [-0.25, -0.2) is 0 Å². The zero-order valence-corrected chi connectivity index (χ0v) is 13.0. The van der Waals surface area contributed by atoms with Gasteiger partial charge in [-0.1, -0.05) is 29.8 Å². The Kier molecular flexibility index (Phi) is 5.42. The van der Waals surface area contributed by atoms with Crippen LogP contribution in [0.25, 0.3) is 0 Å². The molecule has 3 nitrogen and oxygen atoms in total. The number of amides is 1. The maximum atomic E-state index is 12.0.